The number of nitrogens with one attached hydrogen (secondary N) is 2. The van der Waals surface area contributed by atoms with E-state index in [1.165, 1.54) is 19.1 Å². The average Bonchev–Trinajstić information content (AvgIpc) is 2.78. The molecule has 2 N–H and O–H groups in total. The number of benzene rings is 1. The molecule has 10 nitrogen and oxygen atoms in total. The first kappa shape index (κ1) is 23.2. The highest BCUT2D eigenvalue weighted by molar-refractivity contribution is 7.89. The molecule has 12 heteroatoms. The smallest absolute Gasteiger partial charge is 0.325 e. The van der Waals surface area contributed by atoms with Gasteiger partial charge in [-0.3, -0.25) is 14.6 Å². The SMILES string of the molecule is Cc1[nH]c(=O)[nH]c(=O)c1S(=O)(=O)N1CCCC(C(=O)N2CCN(c3ccc(F)cc3)CC2)C1. The van der Waals surface area contributed by atoms with Gasteiger partial charge in [0, 0.05) is 50.6 Å². The number of aryl methyl sites for hydroxylation is 1. The Balaban J connectivity index is 1.43. The molecule has 1 aromatic carbocycles. The standard InChI is InChI=1S/C21H26FN5O5S/c1-14-18(19(28)24-21(30)23-14)33(31,32)27-8-2-3-15(13-27)20(29)26-11-9-25(10-12-26)17-6-4-16(22)5-7-17/h4-7,15H,2-3,8-13H2,1H3,(H2,23,24,28,30). The molecule has 1 amide bonds. The number of piperazine rings is 1. The molecule has 2 saturated heterocycles. The number of anilines is 1. The highest BCUT2D eigenvalue weighted by Crippen LogP contribution is 2.25. The van der Waals surface area contributed by atoms with E-state index in [1.54, 1.807) is 17.0 Å². The summed E-state index contributed by atoms with van der Waals surface area (Å²) in [5, 5.41) is 0. The predicted octanol–water partition coefficient (Wildman–Crippen LogP) is 0.260. The molecule has 1 unspecified atom stereocenters. The molecule has 0 aliphatic carbocycles. The molecular formula is C21H26FN5O5S. The van der Waals surface area contributed by atoms with Gasteiger partial charge in [0.15, 0.2) is 4.90 Å². The quantitative estimate of drug-likeness (QED) is 0.648. The van der Waals surface area contributed by atoms with E-state index in [4.69, 9.17) is 0 Å². The summed E-state index contributed by atoms with van der Waals surface area (Å²) in [6.07, 6.45) is 1.05. The van der Waals surface area contributed by atoms with Gasteiger partial charge < -0.3 is 14.8 Å². The summed E-state index contributed by atoms with van der Waals surface area (Å²) in [5.41, 5.74) is -0.890. The van der Waals surface area contributed by atoms with Crippen LogP contribution in [0.25, 0.3) is 0 Å². The number of rotatable bonds is 4. The molecular weight excluding hydrogens is 453 g/mol. The molecule has 0 spiro atoms. The molecule has 0 radical (unpaired) electrons. The van der Waals surface area contributed by atoms with Crippen molar-refractivity contribution in [1.29, 1.82) is 0 Å². The minimum Gasteiger partial charge on any atom is -0.368 e. The van der Waals surface area contributed by atoms with Crippen molar-refractivity contribution in [2.75, 3.05) is 44.2 Å². The number of sulfonamides is 1. The maximum atomic E-state index is 13.2. The third-order valence-corrected chi connectivity index (χ3v) is 8.21. The fourth-order valence-electron chi connectivity index (χ4n) is 4.49. The fourth-order valence-corrected chi connectivity index (χ4v) is 6.21. The molecule has 2 aliphatic rings. The molecule has 1 aromatic heterocycles. The van der Waals surface area contributed by atoms with Crippen molar-refractivity contribution in [1.82, 2.24) is 19.2 Å². The van der Waals surface area contributed by atoms with Gasteiger partial charge in [-0.1, -0.05) is 0 Å². The summed E-state index contributed by atoms with van der Waals surface area (Å²) in [7, 11) is -4.18. The van der Waals surface area contributed by atoms with Crippen LogP contribution in [-0.4, -0.2) is 72.8 Å². The van der Waals surface area contributed by atoms with Crippen LogP contribution in [0.15, 0.2) is 38.8 Å². The predicted molar refractivity (Wildman–Crippen MR) is 119 cm³/mol. The van der Waals surface area contributed by atoms with Gasteiger partial charge in [-0.15, -0.1) is 0 Å². The summed E-state index contributed by atoms with van der Waals surface area (Å²) in [4.78, 5) is 44.4. The maximum Gasteiger partial charge on any atom is 0.325 e. The molecule has 178 valence electrons. The third kappa shape index (κ3) is 4.71. The van der Waals surface area contributed by atoms with E-state index in [2.05, 4.69) is 9.88 Å². The summed E-state index contributed by atoms with van der Waals surface area (Å²) in [6.45, 7) is 3.70. The number of hydrogen-bond acceptors (Lipinski definition) is 6. The minimum atomic E-state index is -4.18. The Morgan fingerprint density at radius 1 is 1.03 bits per heavy atom. The number of carbonyl (C=O) groups excluding carboxylic acids is 1. The lowest BCUT2D eigenvalue weighted by Gasteiger charge is -2.39. The van der Waals surface area contributed by atoms with Crippen molar-refractivity contribution >= 4 is 21.6 Å². The van der Waals surface area contributed by atoms with Crippen molar-refractivity contribution < 1.29 is 17.6 Å². The van der Waals surface area contributed by atoms with Crippen LogP contribution in [0.2, 0.25) is 0 Å². The van der Waals surface area contributed by atoms with Crippen LogP contribution < -0.4 is 16.1 Å². The first-order valence-electron chi connectivity index (χ1n) is 10.8. The number of carbonyl (C=O) groups is 1. The van der Waals surface area contributed by atoms with Crippen molar-refractivity contribution in [3.05, 3.63) is 56.6 Å². The summed E-state index contributed by atoms with van der Waals surface area (Å²) < 4.78 is 40.6. The van der Waals surface area contributed by atoms with Gasteiger partial charge in [0.1, 0.15) is 5.82 Å². The molecule has 1 atom stereocenters. The van der Waals surface area contributed by atoms with Gasteiger partial charge in [-0.25, -0.2) is 17.6 Å². The second-order valence-corrected chi connectivity index (χ2v) is 10.2. The molecule has 2 aliphatic heterocycles. The number of aromatic amines is 2. The Hall–Kier alpha value is -2.99. The first-order valence-corrected chi connectivity index (χ1v) is 12.2. The van der Waals surface area contributed by atoms with Crippen LogP contribution in [0, 0.1) is 18.7 Å². The molecule has 2 aromatic rings. The van der Waals surface area contributed by atoms with E-state index in [-0.39, 0.29) is 30.5 Å². The highest BCUT2D eigenvalue weighted by atomic mass is 32.2. The number of amides is 1. The van der Waals surface area contributed by atoms with Crippen LogP contribution in [-0.2, 0) is 14.8 Å². The molecule has 0 saturated carbocycles. The van der Waals surface area contributed by atoms with Gasteiger partial charge >= 0.3 is 5.69 Å². The van der Waals surface area contributed by atoms with Gasteiger partial charge in [-0.05, 0) is 44.0 Å². The average molecular weight is 480 g/mol. The van der Waals surface area contributed by atoms with Gasteiger partial charge in [-0.2, -0.15) is 4.31 Å². The summed E-state index contributed by atoms with van der Waals surface area (Å²) in [5.74, 6) is -0.919. The number of H-pyrrole nitrogens is 2. The minimum absolute atomic E-state index is 0.0165. The van der Waals surface area contributed by atoms with Crippen molar-refractivity contribution in [3.63, 3.8) is 0 Å². The number of piperidine rings is 1. The zero-order valence-electron chi connectivity index (χ0n) is 18.2. The Morgan fingerprint density at radius 2 is 1.70 bits per heavy atom. The number of aromatic nitrogens is 2. The van der Waals surface area contributed by atoms with Crippen LogP contribution in [0.1, 0.15) is 18.5 Å². The molecule has 0 bridgehead atoms. The Morgan fingerprint density at radius 3 is 2.33 bits per heavy atom. The largest absolute Gasteiger partial charge is 0.368 e. The molecule has 2 fully saturated rings. The normalized spacial score (nSPS) is 20.1. The zero-order chi connectivity index (χ0) is 23.8. The lowest BCUT2D eigenvalue weighted by Crippen LogP contribution is -2.53. The topological polar surface area (TPSA) is 127 Å². The van der Waals surface area contributed by atoms with Crippen molar-refractivity contribution in [2.45, 2.75) is 24.7 Å². The second kappa shape index (κ2) is 9.10. The van der Waals surface area contributed by atoms with Gasteiger partial charge in [0.05, 0.1) is 5.92 Å². The van der Waals surface area contributed by atoms with Crippen LogP contribution in [0.4, 0.5) is 10.1 Å². The van der Waals surface area contributed by atoms with Gasteiger partial charge in [0.2, 0.25) is 15.9 Å². The lowest BCUT2D eigenvalue weighted by atomic mass is 9.97. The maximum absolute atomic E-state index is 13.2. The molecule has 3 heterocycles. The molecule has 33 heavy (non-hydrogen) atoms. The second-order valence-electron chi connectivity index (χ2n) is 8.35. The fraction of sp³-hybridized carbons (Fsp3) is 0.476. The van der Waals surface area contributed by atoms with E-state index in [0.717, 1.165) is 9.99 Å². The van der Waals surface area contributed by atoms with E-state index in [1.807, 2.05) is 4.98 Å². The van der Waals surface area contributed by atoms with Crippen molar-refractivity contribution in [2.24, 2.45) is 5.92 Å². The third-order valence-electron chi connectivity index (χ3n) is 6.19. The number of nitrogens with zero attached hydrogens (tertiary/aromatic N) is 3. The van der Waals surface area contributed by atoms with Crippen LogP contribution >= 0.6 is 0 Å². The lowest BCUT2D eigenvalue weighted by molar-refractivity contribution is -0.137. The highest BCUT2D eigenvalue weighted by Gasteiger charge is 2.37. The zero-order valence-corrected chi connectivity index (χ0v) is 19.0. The van der Waals surface area contributed by atoms with E-state index >= 15 is 0 Å². The van der Waals surface area contributed by atoms with E-state index in [0.29, 0.717) is 39.0 Å². The summed E-state index contributed by atoms with van der Waals surface area (Å²) in [6, 6.07) is 6.21. The Bertz CT molecular complexity index is 1250. The Labute approximate surface area is 190 Å². The number of hydrogen-bond donors (Lipinski definition) is 2. The van der Waals surface area contributed by atoms with Crippen molar-refractivity contribution in [3.8, 4) is 0 Å². The summed E-state index contributed by atoms with van der Waals surface area (Å²) >= 11 is 0. The van der Waals surface area contributed by atoms with Crippen LogP contribution in [0.3, 0.4) is 0 Å². The van der Waals surface area contributed by atoms with Crippen LogP contribution in [0.5, 0.6) is 0 Å². The first-order chi connectivity index (χ1) is 15.7. The van der Waals surface area contributed by atoms with E-state index < -0.39 is 32.1 Å². The molecule has 4 rings (SSSR count). The monoisotopic (exact) mass is 479 g/mol. The van der Waals surface area contributed by atoms with Gasteiger partial charge in [0.25, 0.3) is 5.56 Å². The Kier molecular flexibility index (Phi) is 6.39. The van der Waals surface area contributed by atoms with E-state index in [9.17, 15) is 27.2 Å². The number of halogens is 1.